The van der Waals surface area contributed by atoms with E-state index in [4.69, 9.17) is 12.2 Å². The molecule has 0 saturated carbocycles. The average molecular weight is 460 g/mol. The van der Waals surface area contributed by atoms with Gasteiger partial charge in [-0.25, -0.2) is 4.68 Å². The number of benzene rings is 3. The highest BCUT2D eigenvalue weighted by molar-refractivity contribution is 7.98. The molecule has 8 heteroatoms. The molecular formula is C24H21N5OS2. The summed E-state index contributed by atoms with van der Waals surface area (Å²) in [5.41, 5.74) is 6.85. The molecule has 1 aromatic heterocycles. The Balaban J connectivity index is 1.37. The highest BCUT2D eigenvalue weighted by Gasteiger charge is 2.13. The maximum absolute atomic E-state index is 12.6. The van der Waals surface area contributed by atoms with Crippen molar-refractivity contribution < 1.29 is 4.79 Å². The van der Waals surface area contributed by atoms with Crippen LogP contribution in [0.2, 0.25) is 0 Å². The van der Waals surface area contributed by atoms with Crippen molar-refractivity contribution in [3.63, 3.8) is 0 Å². The summed E-state index contributed by atoms with van der Waals surface area (Å²) in [5.74, 6) is 1.10. The average Bonchev–Trinajstić information content (AvgIpc) is 3.18. The van der Waals surface area contributed by atoms with Crippen molar-refractivity contribution >= 4 is 35.0 Å². The molecule has 0 atom stereocenters. The lowest BCUT2D eigenvalue weighted by atomic mass is 10.0. The van der Waals surface area contributed by atoms with Gasteiger partial charge >= 0.3 is 0 Å². The molecule has 2 N–H and O–H groups in total. The van der Waals surface area contributed by atoms with Crippen molar-refractivity contribution in [2.24, 2.45) is 0 Å². The number of thioether (sulfide) groups is 1. The van der Waals surface area contributed by atoms with Crippen molar-refractivity contribution in [2.75, 3.05) is 5.43 Å². The van der Waals surface area contributed by atoms with Crippen LogP contribution in [0.5, 0.6) is 0 Å². The summed E-state index contributed by atoms with van der Waals surface area (Å²) in [6, 6.07) is 27.5. The molecule has 160 valence electrons. The third-order valence-electron chi connectivity index (χ3n) is 4.70. The number of thiocarbonyl (C=S) groups is 1. The van der Waals surface area contributed by atoms with Gasteiger partial charge in [0.25, 0.3) is 5.91 Å². The van der Waals surface area contributed by atoms with Gasteiger partial charge in [0.05, 0.1) is 0 Å². The number of nitrogens with one attached hydrogen (secondary N) is 2. The summed E-state index contributed by atoms with van der Waals surface area (Å²) in [6.45, 7) is 1.82. The molecule has 6 nitrogen and oxygen atoms in total. The SMILES string of the molecule is Cc1nnc(SCc2ccccc2)n1NC(=S)NC(=O)c1ccc(-c2ccccc2)cc1. The van der Waals surface area contributed by atoms with E-state index in [0.717, 1.165) is 16.9 Å². The van der Waals surface area contributed by atoms with Crippen LogP contribution >= 0.6 is 24.0 Å². The first kappa shape index (κ1) is 21.7. The number of aromatic nitrogens is 3. The predicted molar refractivity (Wildman–Crippen MR) is 132 cm³/mol. The topological polar surface area (TPSA) is 71.8 Å². The van der Waals surface area contributed by atoms with Gasteiger partial charge in [-0.15, -0.1) is 10.2 Å². The summed E-state index contributed by atoms with van der Waals surface area (Å²) in [6.07, 6.45) is 0. The molecule has 0 spiro atoms. The van der Waals surface area contributed by atoms with Crippen molar-refractivity contribution in [3.05, 3.63) is 102 Å². The molecule has 1 amide bonds. The zero-order valence-corrected chi connectivity index (χ0v) is 19.0. The Hall–Kier alpha value is -3.49. The Morgan fingerprint density at radius 1 is 0.906 bits per heavy atom. The number of amides is 1. The second-order valence-corrected chi connectivity index (χ2v) is 8.33. The first-order valence-corrected chi connectivity index (χ1v) is 11.4. The summed E-state index contributed by atoms with van der Waals surface area (Å²) in [4.78, 5) is 12.6. The maximum atomic E-state index is 12.6. The number of carbonyl (C=O) groups excluding carboxylic acids is 1. The molecule has 0 aliphatic heterocycles. The summed E-state index contributed by atoms with van der Waals surface area (Å²) in [5, 5.41) is 11.9. The number of carbonyl (C=O) groups is 1. The quantitative estimate of drug-likeness (QED) is 0.319. The van der Waals surface area contributed by atoms with Gasteiger partial charge in [0.2, 0.25) is 5.16 Å². The van der Waals surface area contributed by atoms with Crippen LogP contribution in [0, 0.1) is 6.92 Å². The lowest BCUT2D eigenvalue weighted by Gasteiger charge is -2.13. The number of nitrogens with zero attached hydrogens (tertiary/aromatic N) is 3. The number of hydrogen-bond donors (Lipinski definition) is 2. The molecule has 0 aliphatic rings. The van der Waals surface area contributed by atoms with E-state index in [1.807, 2.05) is 67.6 Å². The molecular weight excluding hydrogens is 438 g/mol. The van der Waals surface area contributed by atoms with E-state index in [1.54, 1.807) is 16.8 Å². The van der Waals surface area contributed by atoms with Gasteiger partial charge in [-0.3, -0.25) is 15.5 Å². The van der Waals surface area contributed by atoms with E-state index >= 15 is 0 Å². The van der Waals surface area contributed by atoms with Gasteiger partial charge in [0.15, 0.2) is 5.11 Å². The summed E-state index contributed by atoms with van der Waals surface area (Å²) < 4.78 is 1.68. The molecule has 0 radical (unpaired) electrons. The molecule has 1 heterocycles. The van der Waals surface area contributed by atoms with Crippen LogP contribution in [0.4, 0.5) is 0 Å². The van der Waals surface area contributed by atoms with Gasteiger partial charge in [0.1, 0.15) is 5.82 Å². The Morgan fingerprint density at radius 2 is 1.53 bits per heavy atom. The fourth-order valence-electron chi connectivity index (χ4n) is 3.04. The molecule has 4 rings (SSSR count). The Labute approximate surface area is 196 Å². The van der Waals surface area contributed by atoms with E-state index in [0.29, 0.717) is 16.5 Å². The Bertz CT molecular complexity index is 1210. The van der Waals surface area contributed by atoms with Crippen molar-refractivity contribution in [2.45, 2.75) is 17.8 Å². The normalized spacial score (nSPS) is 10.5. The predicted octanol–water partition coefficient (Wildman–Crippen LogP) is 4.80. The molecule has 4 aromatic rings. The largest absolute Gasteiger partial charge is 0.298 e. The molecule has 0 aliphatic carbocycles. The second kappa shape index (κ2) is 10.2. The van der Waals surface area contributed by atoms with Crippen LogP contribution in [0.1, 0.15) is 21.7 Å². The minimum atomic E-state index is -0.286. The highest BCUT2D eigenvalue weighted by atomic mass is 32.2. The van der Waals surface area contributed by atoms with Gasteiger partial charge in [-0.05, 0) is 48.0 Å². The maximum Gasteiger partial charge on any atom is 0.257 e. The summed E-state index contributed by atoms with van der Waals surface area (Å²) in [7, 11) is 0. The smallest absolute Gasteiger partial charge is 0.257 e. The molecule has 0 fully saturated rings. The molecule has 3 aromatic carbocycles. The van der Waals surface area contributed by atoms with Crippen LogP contribution < -0.4 is 10.7 Å². The van der Waals surface area contributed by atoms with Crippen LogP contribution in [-0.4, -0.2) is 25.9 Å². The Kier molecular flexibility index (Phi) is 6.94. The first-order chi connectivity index (χ1) is 15.6. The zero-order chi connectivity index (χ0) is 22.3. The number of aryl methyl sites for hydroxylation is 1. The standard InChI is InChI=1S/C24H21N5OS2/c1-17-26-27-24(32-16-18-8-4-2-5-9-18)29(17)28-23(31)25-22(30)21-14-12-20(13-15-21)19-10-6-3-7-11-19/h2-15H,16H2,1H3,(H2,25,28,30,31). The van der Waals surface area contributed by atoms with Crippen LogP contribution in [0.25, 0.3) is 11.1 Å². The van der Waals surface area contributed by atoms with Crippen LogP contribution in [-0.2, 0) is 5.75 Å². The lowest BCUT2D eigenvalue weighted by molar-refractivity contribution is 0.0977. The first-order valence-electron chi connectivity index (χ1n) is 9.97. The van der Waals surface area contributed by atoms with Gasteiger partial charge in [0, 0.05) is 11.3 Å². The van der Waals surface area contributed by atoms with E-state index < -0.39 is 0 Å². The van der Waals surface area contributed by atoms with Gasteiger partial charge < -0.3 is 0 Å². The summed E-state index contributed by atoms with van der Waals surface area (Å²) >= 11 is 6.88. The van der Waals surface area contributed by atoms with Gasteiger partial charge in [-0.2, -0.15) is 0 Å². The van der Waals surface area contributed by atoms with Crippen LogP contribution in [0.3, 0.4) is 0 Å². The monoisotopic (exact) mass is 459 g/mol. The van der Waals surface area contributed by atoms with Crippen LogP contribution in [0.15, 0.2) is 90.1 Å². The molecule has 0 saturated heterocycles. The highest BCUT2D eigenvalue weighted by Crippen LogP contribution is 2.21. The molecule has 32 heavy (non-hydrogen) atoms. The Morgan fingerprint density at radius 3 is 2.22 bits per heavy atom. The van der Waals surface area contributed by atoms with E-state index in [9.17, 15) is 4.79 Å². The third-order valence-corrected chi connectivity index (χ3v) is 5.89. The van der Waals surface area contributed by atoms with E-state index in [1.165, 1.54) is 17.3 Å². The van der Waals surface area contributed by atoms with E-state index in [2.05, 4.69) is 33.1 Å². The minimum absolute atomic E-state index is 0.173. The number of hydrogen-bond acceptors (Lipinski definition) is 5. The fourth-order valence-corrected chi connectivity index (χ4v) is 4.11. The van der Waals surface area contributed by atoms with Gasteiger partial charge in [-0.1, -0.05) is 84.6 Å². The number of rotatable bonds is 6. The van der Waals surface area contributed by atoms with Crippen molar-refractivity contribution in [1.82, 2.24) is 20.2 Å². The minimum Gasteiger partial charge on any atom is -0.298 e. The molecule has 0 unspecified atom stereocenters. The zero-order valence-electron chi connectivity index (χ0n) is 17.4. The lowest BCUT2D eigenvalue weighted by Crippen LogP contribution is -2.38. The van der Waals surface area contributed by atoms with Crippen molar-refractivity contribution in [1.29, 1.82) is 0 Å². The second-order valence-electron chi connectivity index (χ2n) is 6.98. The fraction of sp³-hybridized carbons (Fsp3) is 0.0833. The van der Waals surface area contributed by atoms with E-state index in [-0.39, 0.29) is 11.0 Å². The van der Waals surface area contributed by atoms with Crippen molar-refractivity contribution in [3.8, 4) is 11.1 Å². The molecule has 0 bridgehead atoms. The third kappa shape index (κ3) is 5.40.